The Hall–Kier alpha value is -1.16. The quantitative estimate of drug-likeness (QED) is 0.593. The van der Waals surface area contributed by atoms with Gasteiger partial charge in [-0.15, -0.1) is 11.3 Å². The van der Waals surface area contributed by atoms with Crippen LogP contribution in [0.25, 0.3) is 0 Å². The zero-order valence-electron chi connectivity index (χ0n) is 12.2. The molecule has 22 heavy (non-hydrogen) atoms. The summed E-state index contributed by atoms with van der Waals surface area (Å²) >= 11 is 1.25. The molecule has 1 aliphatic heterocycles. The molecular weight excluding hydrogens is 324 g/mol. The first kappa shape index (κ1) is 15.7. The summed E-state index contributed by atoms with van der Waals surface area (Å²) in [5, 5.41) is 3.10. The van der Waals surface area contributed by atoms with E-state index in [1.807, 2.05) is 0 Å². The van der Waals surface area contributed by atoms with E-state index in [0.717, 1.165) is 17.7 Å². The number of guanidine groups is 1. The van der Waals surface area contributed by atoms with Gasteiger partial charge < -0.3 is 15.8 Å². The van der Waals surface area contributed by atoms with Crippen molar-refractivity contribution in [2.75, 3.05) is 26.3 Å². The van der Waals surface area contributed by atoms with Crippen LogP contribution in [0.15, 0.2) is 21.3 Å². The summed E-state index contributed by atoms with van der Waals surface area (Å²) in [7, 11) is -3.41. The van der Waals surface area contributed by atoms with Gasteiger partial charge in [-0.2, -0.15) is 4.31 Å². The average Bonchev–Trinajstić information content (AvgIpc) is 3.19. The number of morpholine rings is 1. The maximum atomic E-state index is 12.5. The molecule has 0 radical (unpaired) electrons. The smallest absolute Gasteiger partial charge is 0.252 e. The lowest BCUT2D eigenvalue weighted by molar-refractivity contribution is 0.0731. The maximum absolute atomic E-state index is 12.5. The monoisotopic (exact) mass is 344 g/mol. The summed E-state index contributed by atoms with van der Waals surface area (Å²) in [6.45, 7) is 2.11. The lowest BCUT2D eigenvalue weighted by Gasteiger charge is -2.25. The van der Waals surface area contributed by atoms with E-state index in [1.54, 1.807) is 12.1 Å². The number of hydrogen-bond acceptors (Lipinski definition) is 5. The highest BCUT2D eigenvalue weighted by Crippen LogP contribution is 2.26. The van der Waals surface area contributed by atoms with Gasteiger partial charge in [-0.05, 0) is 25.0 Å². The average molecular weight is 344 g/mol. The Kier molecular flexibility index (Phi) is 4.67. The Morgan fingerprint density at radius 1 is 1.41 bits per heavy atom. The van der Waals surface area contributed by atoms with Gasteiger partial charge in [0.05, 0.1) is 19.8 Å². The molecule has 7 nitrogen and oxygen atoms in total. The molecule has 0 aromatic carbocycles. The molecule has 3 N–H and O–H groups in total. The van der Waals surface area contributed by atoms with Crippen LogP contribution < -0.4 is 11.1 Å². The molecule has 2 fully saturated rings. The normalized spacial score (nSPS) is 21.0. The molecule has 0 bridgehead atoms. The van der Waals surface area contributed by atoms with Gasteiger partial charge in [-0.1, -0.05) is 0 Å². The predicted octanol–water partition coefficient (Wildman–Crippen LogP) is 0.336. The molecule has 122 valence electrons. The van der Waals surface area contributed by atoms with Crippen molar-refractivity contribution in [2.24, 2.45) is 10.7 Å². The second-order valence-electron chi connectivity index (χ2n) is 5.36. The van der Waals surface area contributed by atoms with Gasteiger partial charge in [-0.3, -0.25) is 0 Å². The number of rotatable bonds is 5. The van der Waals surface area contributed by atoms with Gasteiger partial charge in [0.25, 0.3) is 10.0 Å². The minimum atomic E-state index is -3.41. The summed E-state index contributed by atoms with van der Waals surface area (Å²) in [6.07, 6.45) is 2.27. The third-order valence-corrected chi connectivity index (χ3v) is 6.97. The van der Waals surface area contributed by atoms with Crippen LogP contribution in [0.4, 0.5) is 0 Å². The van der Waals surface area contributed by atoms with Crippen LogP contribution in [0, 0.1) is 0 Å². The summed E-state index contributed by atoms with van der Waals surface area (Å²) in [4.78, 5) is 5.13. The van der Waals surface area contributed by atoms with Crippen molar-refractivity contribution in [3.63, 3.8) is 0 Å². The molecule has 1 saturated carbocycles. The van der Waals surface area contributed by atoms with Crippen molar-refractivity contribution < 1.29 is 13.2 Å². The fraction of sp³-hybridized carbons (Fsp3) is 0.615. The van der Waals surface area contributed by atoms with E-state index in [-0.39, 0.29) is 0 Å². The largest absolute Gasteiger partial charge is 0.379 e. The van der Waals surface area contributed by atoms with E-state index >= 15 is 0 Å². The Morgan fingerprint density at radius 3 is 2.82 bits per heavy atom. The Bertz CT molecular complexity index is 646. The molecular formula is C13H20N4O3S2. The highest BCUT2D eigenvalue weighted by molar-refractivity contribution is 7.91. The number of thiophene rings is 1. The van der Waals surface area contributed by atoms with Gasteiger partial charge in [0.15, 0.2) is 5.96 Å². The number of aliphatic imine (C=N–C) groups is 1. The van der Waals surface area contributed by atoms with E-state index < -0.39 is 10.0 Å². The molecule has 0 spiro atoms. The second-order valence-corrected chi connectivity index (χ2v) is 8.69. The van der Waals surface area contributed by atoms with Gasteiger partial charge in [0.1, 0.15) is 4.21 Å². The van der Waals surface area contributed by atoms with Crippen molar-refractivity contribution in [2.45, 2.75) is 29.6 Å². The number of sulfonamides is 1. The van der Waals surface area contributed by atoms with Gasteiger partial charge in [0.2, 0.25) is 0 Å². The van der Waals surface area contributed by atoms with Crippen molar-refractivity contribution in [3.8, 4) is 0 Å². The van der Waals surface area contributed by atoms with Gasteiger partial charge in [-0.25, -0.2) is 13.4 Å². The van der Waals surface area contributed by atoms with E-state index in [1.165, 1.54) is 15.6 Å². The summed E-state index contributed by atoms with van der Waals surface area (Å²) in [6, 6.07) is 3.90. The Balaban J connectivity index is 1.64. The topological polar surface area (TPSA) is 97.0 Å². The molecule has 1 aromatic heterocycles. The van der Waals surface area contributed by atoms with E-state index in [4.69, 9.17) is 10.5 Å². The zero-order valence-corrected chi connectivity index (χ0v) is 13.8. The minimum absolute atomic E-state index is 0.355. The van der Waals surface area contributed by atoms with Crippen LogP contribution >= 0.6 is 11.3 Å². The first-order valence-electron chi connectivity index (χ1n) is 7.29. The standard InChI is InChI=1S/C13H20N4O3S2/c14-13(16-10-1-2-10)15-9-11-3-4-12(21-11)22(18,19)17-5-7-20-8-6-17/h3-4,10H,1-2,5-9H2,(H3,14,15,16). The minimum Gasteiger partial charge on any atom is -0.379 e. The van der Waals surface area contributed by atoms with E-state index in [9.17, 15) is 8.42 Å². The lowest BCUT2D eigenvalue weighted by Crippen LogP contribution is -2.40. The van der Waals surface area contributed by atoms with Crippen LogP contribution in [0.1, 0.15) is 17.7 Å². The first-order valence-corrected chi connectivity index (χ1v) is 9.54. The highest BCUT2D eigenvalue weighted by Gasteiger charge is 2.27. The van der Waals surface area contributed by atoms with Crippen molar-refractivity contribution in [1.82, 2.24) is 9.62 Å². The number of ether oxygens (including phenoxy) is 1. The second kappa shape index (κ2) is 6.53. The molecule has 1 aliphatic carbocycles. The van der Waals surface area contributed by atoms with Crippen LogP contribution in [0.3, 0.4) is 0 Å². The van der Waals surface area contributed by atoms with Crippen LogP contribution in [0.2, 0.25) is 0 Å². The summed E-state index contributed by atoms with van der Waals surface area (Å²) < 4.78 is 32.0. The molecule has 1 saturated heterocycles. The number of nitrogens with one attached hydrogen (secondary N) is 1. The maximum Gasteiger partial charge on any atom is 0.252 e. The molecule has 9 heteroatoms. The molecule has 3 rings (SSSR count). The number of nitrogens with two attached hydrogens (primary N) is 1. The van der Waals surface area contributed by atoms with Crippen LogP contribution in [0.5, 0.6) is 0 Å². The number of hydrogen-bond donors (Lipinski definition) is 2. The SMILES string of the molecule is NC(=NCc1ccc(S(=O)(=O)N2CCOCC2)s1)NC1CC1. The lowest BCUT2D eigenvalue weighted by atomic mass is 10.5. The number of nitrogens with zero attached hydrogens (tertiary/aromatic N) is 2. The van der Waals surface area contributed by atoms with E-state index in [0.29, 0.717) is 49.1 Å². The predicted molar refractivity (Wildman–Crippen MR) is 85.4 cm³/mol. The van der Waals surface area contributed by atoms with Gasteiger partial charge in [0, 0.05) is 24.0 Å². The molecule has 0 amide bonds. The highest BCUT2D eigenvalue weighted by atomic mass is 32.2. The molecule has 0 atom stereocenters. The molecule has 2 aliphatic rings. The third-order valence-electron chi connectivity index (χ3n) is 3.54. The van der Waals surface area contributed by atoms with Crippen molar-refractivity contribution >= 4 is 27.3 Å². The van der Waals surface area contributed by atoms with E-state index in [2.05, 4.69) is 10.3 Å². The fourth-order valence-electron chi connectivity index (χ4n) is 2.14. The Morgan fingerprint density at radius 2 is 2.14 bits per heavy atom. The first-order chi connectivity index (χ1) is 10.6. The molecule has 0 unspecified atom stereocenters. The Labute approximate surface area is 134 Å². The van der Waals surface area contributed by atoms with Crippen LogP contribution in [-0.2, 0) is 21.3 Å². The fourth-order valence-corrected chi connectivity index (χ4v) is 4.98. The van der Waals surface area contributed by atoms with Crippen molar-refractivity contribution in [1.29, 1.82) is 0 Å². The summed E-state index contributed by atoms with van der Waals surface area (Å²) in [5.41, 5.74) is 5.78. The van der Waals surface area contributed by atoms with Gasteiger partial charge >= 0.3 is 0 Å². The third kappa shape index (κ3) is 3.78. The summed E-state index contributed by atoms with van der Waals surface area (Å²) in [5.74, 6) is 0.425. The molecule has 1 aromatic rings. The van der Waals surface area contributed by atoms with Crippen LogP contribution in [-0.4, -0.2) is 51.0 Å². The zero-order chi connectivity index (χ0) is 15.6. The molecule has 2 heterocycles. The van der Waals surface area contributed by atoms with Crippen molar-refractivity contribution in [3.05, 3.63) is 17.0 Å².